The number of aryl methyl sites for hydroxylation is 1. The van der Waals surface area contributed by atoms with Crippen LogP contribution in [0.3, 0.4) is 0 Å². The first-order valence-electron chi connectivity index (χ1n) is 8.38. The van der Waals surface area contributed by atoms with Gasteiger partial charge in [-0.15, -0.1) is 0 Å². The summed E-state index contributed by atoms with van der Waals surface area (Å²) in [6.45, 7) is 0.767. The van der Waals surface area contributed by atoms with Gasteiger partial charge in [-0.05, 0) is 55.4 Å². The lowest BCUT2D eigenvalue weighted by molar-refractivity contribution is 0.0223. The molecule has 1 aromatic rings. The Hall–Kier alpha value is -0.380. The Morgan fingerprint density at radius 1 is 1.14 bits per heavy atom. The maximum Gasteiger partial charge on any atom is 0.0771 e. The van der Waals surface area contributed by atoms with Crippen molar-refractivity contribution in [3.05, 3.63) is 33.8 Å². The molecule has 0 radical (unpaired) electrons. The molecule has 0 aromatic heterocycles. The molecule has 0 saturated heterocycles. The van der Waals surface area contributed by atoms with E-state index in [2.05, 4.69) is 39.4 Å². The van der Waals surface area contributed by atoms with Gasteiger partial charge in [-0.1, -0.05) is 47.7 Å². The predicted octanol–water partition coefficient (Wildman–Crippen LogP) is 3.98. The van der Waals surface area contributed by atoms with Crippen LogP contribution in [0, 0.1) is 0 Å². The minimum Gasteiger partial charge on any atom is -0.389 e. The molecule has 0 amide bonds. The van der Waals surface area contributed by atoms with E-state index in [1.54, 1.807) is 0 Å². The fourth-order valence-electron chi connectivity index (χ4n) is 3.80. The summed E-state index contributed by atoms with van der Waals surface area (Å²) < 4.78 is 1.18. The van der Waals surface area contributed by atoms with Crippen molar-refractivity contribution in [1.29, 1.82) is 0 Å². The normalized spacial score (nSPS) is 25.1. The number of fused-ring (bicyclic) bond motifs is 1. The number of halogens is 1. The van der Waals surface area contributed by atoms with Crippen molar-refractivity contribution in [2.24, 2.45) is 0 Å². The molecule has 2 N–H and O–H groups in total. The lowest BCUT2D eigenvalue weighted by Crippen LogP contribution is -2.46. The first kappa shape index (κ1) is 15.5. The predicted molar refractivity (Wildman–Crippen MR) is 90.6 cm³/mol. The fraction of sp³-hybridized carbons (Fsp3) is 0.667. The smallest absolute Gasteiger partial charge is 0.0771 e. The molecular weight excluding hydrogens is 326 g/mol. The molecule has 0 bridgehead atoms. The molecule has 21 heavy (non-hydrogen) atoms. The molecule has 2 nitrogen and oxygen atoms in total. The van der Waals surface area contributed by atoms with Crippen LogP contribution in [-0.4, -0.2) is 23.3 Å². The van der Waals surface area contributed by atoms with Gasteiger partial charge in [0.15, 0.2) is 0 Å². The van der Waals surface area contributed by atoms with Crippen LogP contribution in [0.5, 0.6) is 0 Å². The Labute approximate surface area is 136 Å². The zero-order valence-corrected chi connectivity index (χ0v) is 14.3. The van der Waals surface area contributed by atoms with E-state index in [0.29, 0.717) is 6.04 Å². The van der Waals surface area contributed by atoms with E-state index in [0.717, 1.165) is 32.2 Å². The molecule has 1 saturated carbocycles. The minimum atomic E-state index is -0.462. The number of rotatable bonds is 3. The lowest BCUT2D eigenvalue weighted by atomic mass is 9.87. The van der Waals surface area contributed by atoms with E-state index in [1.807, 2.05) is 0 Å². The fourth-order valence-corrected chi connectivity index (χ4v) is 4.20. The van der Waals surface area contributed by atoms with Crippen molar-refractivity contribution in [1.82, 2.24) is 5.32 Å². The highest BCUT2D eigenvalue weighted by atomic mass is 79.9. The maximum atomic E-state index is 10.7. The van der Waals surface area contributed by atoms with Crippen LogP contribution in [0.4, 0.5) is 0 Å². The van der Waals surface area contributed by atoms with Gasteiger partial charge in [0.25, 0.3) is 0 Å². The van der Waals surface area contributed by atoms with Gasteiger partial charge in [-0.3, -0.25) is 0 Å². The van der Waals surface area contributed by atoms with Crippen molar-refractivity contribution in [2.45, 2.75) is 69.4 Å². The van der Waals surface area contributed by atoms with E-state index < -0.39 is 5.60 Å². The molecule has 3 rings (SSSR count). The molecule has 0 spiro atoms. The van der Waals surface area contributed by atoms with Gasteiger partial charge >= 0.3 is 0 Å². The van der Waals surface area contributed by atoms with Crippen LogP contribution in [-0.2, 0) is 12.8 Å². The molecule has 0 aliphatic heterocycles. The molecule has 1 aromatic carbocycles. The number of hydrogen-bond acceptors (Lipinski definition) is 2. The Balaban J connectivity index is 1.56. The summed E-state index contributed by atoms with van der Waals surface area (Å²) in [5.41, 5.74) is 2.49. The van der Waals surface area contributed by atoms with E-state index in [4.69, 9.17) is 0 Å². The lowest BCUT2D eigenvalue weighted by Gasteiger charge is -2.32. The molecular formula is C18H26BrNO. The Kier molecular flexibility index (Phi) is 5.03. The molecule has 2 aliphatic rings. The maximum absolute atomic E-state index is 10.7. The molecule has 3 heteroatoms. The van der Waals surface area contributed by atoms with Gasteiger partial charge < -0.3 is 10.4 Å². The average molecular weight is 352 g/mol. The third-order valence-corrected chi connectivity index (χ3v) is 5.64. The zero-order valence-electron chi connectivity index (χ0n) is 12.7. The molecule has 1 fully saturated rings. The highest BCUT2D eigenvalue weighted by molar-refractivity contribution is 9.10. The third kappa shape index (κ3) is 4.08. The van der Waals surface area contributed by atoms with Crippen LogP contribution in [0.15, 0.2) is 22.7 Å². The third-order valence-electron chi connectivity index (χ3n) is 5.15. The number of benzene rings is 1. The minimum absolute atomic E-state index is 0.462. The summed E-state index contributed by atoms with van der Waals surface area (Å²) in [6, 6.07) is 7.16. The topological polar surface area (TPSA) is 32.3 Å². The summed E-state index contributed by atoms with van der Waals surface area (Å²) in [4.78, 5) is 0. The van der Waals surface area contributed by atoms with E-state index in [-0.39, 0.29) is 0 Å². The van der Waals surface area contributed by atoms with Gasteiger partial charge in [-0.2, -0.15) is 0 Å². The molecule has 0 heterocycles. The van der Waals surface area contributed by atoms with Crippen molar-refractivity contribution in [3.63, 3.8) is 0 Å². The summed E-state index contributed by atoms with van der Waals surface area (Å²) >= 11 is 3.55. The molecule has 1 unspecified atom stereocenters. The first-order valence-corrected chi connectivity index (χ1v) is 9.17. The molecule has 116 valence electrons. The second-order valence-electron chi connectivity index (χ2n) is 6.87. The largest absolute Gasteiger partial charge is 0.389 e. The summed E-state index contributed by atoms with van der Waals surface area (Å²) in [6.07, 6.45) is 10.3. The Bertz CT molecular complexity index is 480. The summed E-state index contributed by atoms with van der Waals surface area (Å²) in [5, 5.41) is 14.4. The standard InChI is InChI=1S/C18H26BrNO/c19-16-7-5-15-12-17(8-6-14(15)11-16)20-13-18(21)9-3-1-2-4-10-18/h5,7,11,17,20-21H,1-4,6,8-10,12-13H2. The number of nitrogens with one attached hydrogen (secondary N) is 1. The summed E-state index contributed by atoms with van der Waals surface area (Å²) in [5.74, 6) is 0. The van der Waals surface area contributed by atoms with Gasteiger partial charge in [0.1, 0.15) is 0 Å². The quantitative estimate of drug-likeness (QED) is 0.807. The molecule has 1 atom stereocenters. The van der Waals surface area contributed by atoms with Gasteiger partial charge in [0.2, 0.25) is 0 Å². The van der Waals surface area contributed by atoms with Crippen molar-refractivity contribution < 1.29 is 5.11 Å². The zero-order chi connectivity index (χ0) is 14.7. The van der Waals surface area contributed by atoms with Crippen molar-refractivity contribution in [3.8, 4) is 0 Å². The Morgan fingerprint density at radius 2 is 1.90 bits per heavy atom. The number of aliphatic hydroxyl groups is 1. The average Bonchev–Trinajstić information content (AvgIpc) is 2.70. The van der Waals surface area contributed by atoms with Crippen molar-refractivity contribution in [2.75, 3.05) is 6.54 Å². The number of hydrogen-bond donors (Lipinski definition) is 2. The van der Waals surface area contributed by atoms with Crippen LogP contribution >= 0.6 is 15.9 Å². The highest BCUT2D eigenvalue weighted by Gasteiger charge is 2.29. The van der Waals surface area contributed by atoms with Crippen LogP contribution in [0.1, 0.15) is 56.1 Å². The highest BCUT2D eigenvalue weighted by Crippen LogP contribution is 2.28. The monoisotopic (exact) mass is 351 g/mol. The van der Waals surface area contributed by atoms with Gasteiger partial charge in [0, 0.05) is 17.1 Å². The second kappa shape index (κ2) is 6.80. The Morgan fingerprint density at radius 3 is 2.67 bits per heavy atom. The second-order valence-corrected chi connectivity index (χ2v) is 7.79. The molecule has 2 aliphatic carbocycles. The van der Waals surface area contributed by atoms with E-state index in [1.165, 1.54) is 47.7 Å². The van der Waals surface area contributed by atoms with Crippen molar-refractivity contribution >= 4 is 15.9 Å². The van der Waals surface area contributed by atoms with Crippen LogP contribution < -0.4 is 5.32 Å². The van der Waals surface area contributed by atoms with Gasteiger partial charge in [-0.25, -0.2) is 0 Å². The van der Waals surface area contributed by atoms with Gasteiger partial charge in [0.05, 0.1) is 5.60 Å². The van der Waals surface area contributed by atoms with E-state index in [9.17, 15) is 5.11 Å². The van der Waals surface area contributed by atoms with Crippen LogP contribution in [0.2, 0.25) is 0 Å². The van der Waals surface area contributed by atoms with Crippen LogP contribution in [0.25, 0.3) is 0 Å². The summed E-state index contributed by atoms with van der Waals surface area (Å²) in [7, 11) is 0. The van der Waals surface area contributed by atoms with E-state index >= 15 is 0 Å². The SMILES string of the molecule is OC1(CNC2CCc3cc(Br)ccc3C2)CCCCCC1. The first-order chi connectivity index (χ1) is 10.1.